The van der Waals surface area contributed by atoms with Gasteiger partial charge in [-0.1, -0.05) is 60.7 Å². The van der Waals surface area contributed by atoms with Crippen LogP contribution in [-0.4, -0.2) is 42.2 Å². The summed E-state index contributed by atoms with van der Waals surface area (Å²) < 4.78 is 6.01. The fourth-order valence-corrected chi connectivity index (χ4v) is 3.58. The number of hydrogen-bond donors (Lipinski definition) is 1. The van der Waals surface area contributed by atoms with Crippen molar-refractivity contribution in [3.63, 3.8) is 0 Å². The second-order valence-electron chi connectivity index (χ2n) is 7.32. The number of rotatable bonds is 9. The van der Waals surface area contributed by atoms with E-state index in [4.69, 9.17) is 4.74 Å². The van der Waals surface area contributed by atoms with Crippen molar-refractivity contribution in [1.29, 1.82) is 0 Å². The van der Waals surface area contributed by atoms with Crippen molar-refractivity contribution in [2.75, 3.05) is 26.2 Å². The van der Waals surface area contributed by atoms with Crippen molar-refractivity contribution in [2.45, 2.75) is 25.7 Å². The molecule has 0 aliphatic carbocycles. The Morgan fingerprint density at radius 1 is 1.07 bits per heavy atom. The van der Waals surface area contributed by atoms with Gasteiger partial charge in [0.15, 0.2) is 0 Å². The average Bonchev–Trinajstić information content (AvgIpc) is 2.73. The highest BCUT2D eigenvalue weighted by atomic mass is 35.5. The van der Waals surface area contributed by atoms with E-state index in [0.717, 1.165) is 50.1 Å². The second kappa shape index (κ2) is 12.3. The van der Waals surface area contributed by atoms with Gasteiger partial charge in [-0.2, -0.15) is 0 Å². The standard InChI is InChI=1S/C24H29NO3.ClH/c26-24(27)22-12-8-17-25(19-22)16-6-7-18-28-23-13-5-4-11-21(23)15-14-20-9-2-1-3-10-20;/h1-5,9-11,13-15,22H,6-8,12,16-19H2,(H,26,27);1H/b15-14+;. The Labute approximate surface area is 179 Å². The maximum absolute atomic E-state index is 11.2. The molecule has 0 amide bonds. The summed E-state index contributed by atoms with van der Waals surface area (Å²) in [6.45, 7) is 3.32. The summed E-state index contributed by atoms with van der Waals surface area (Å²) >= 11 is 0. The smallest absolute Gasteiger partial charge is 0.307 e. The molecule has 0 spiro atoms. The zero-order valence-corrected chi connectivity index (χ0v) is 17.5. The second-order valence-corrected chi connectivity index (χ2v) is 7.32. The predicted octanol–water partition coefficient (Wildman–Crippen LogP) is 5.23. The van der Waals surface area contributed by atoms with Crippen LogP contribution in [0.4, 0.5) is 0 Å². The van der Waals surface area contributed by atoms with Crippen LogP contribution in [0.15, 0.2) is 54.6 Å². The number of para-hydroxylation sites is 1. The molecule has 1 N–H and O–H groups in total. The molecule has 29 heavy (non-hydrogen) atoms. The minimum atomic E-state index is -0.659. The van der Waals surface area contributed by atoms with Crippen LogP contribution in [0.3, 0.4) is 0 Å². The molecule has 3 rings (SSSR count). The lowest BCUT2D eigenvalue weighted by molar-refractivity contribution is -0.143. The van der Waals surface area contributed by atoms with E-state index in [1.807, 2.05) is 36.4 Å². The maximum atomic E-state index is 11.2. The number of nitrogens with zero attached hydrogens (tertiary/aromatic N) is 1. The van der Waals surface area contributed by atoms with Crippen LogP contribution in [0.1, 0.15) is 36.8 Å². The van der Waals surface area contributed by atoms with Gasteiger partial charge in [0.2, 0.25) is 0 Å². The number of ether oxygens (including phenoxy) is 1. The largest absolute Gasteiger partial charge is 0.493 e. The van der Waals surface area contributed by atoms with Gasteiger partial charge in [-0.3, -0.25) is 4.79 Å². The number of likely N-dealkylation sites (tertiary alicyclic amines) is 1. The quantitative estimate of drug-likeness (QED) is 0.449. The van der Waals surface area contributed by atoms with Crippen LogP contribution in [0, 0.1) is 5.92 Å². The summed E-state index contributed by atoms with van der Waals surface area (Å²) in [7, 11) is 0. The van der Waals surface area contributed by atoms with Crippen LogP contribution in [0.5, 0.6) is 5.75 Å². The molecule has 4 nitrogen and oxygen atoms in total. The van der Waals surface area contributed by atoms with Gasteiger partial charge in [-0.15, -0.1) is 12.4 Å². The van der Waals surface area contributed by atoms with Crippen LogP contribution in [0.2, 0.25) is 0 Å². The summed E-state index contributed by atoms with van der Waals surface area (Å²) in [4.78, 5) is 13.4. The lowest BCUT2D eigenvalue weighted by Gasteiger charge is -2.30. The summed E-state index contributed by atoms with van der Waals surface area (Å²) in [5.74, 6) is 0.0417. The molecule has 1 unspecified atom stereocenters. The third-order valence-electron chi connectivity index (χ3n) is 5.15. The number of unbranched alkanes of at least 4 members (excludes halogenated alkanes) is 1. The van der Waals surface area contributed by atoms with Gasteiger partial charge >= 0.3 is 5.97 Å². The Balaban J connectivity index is 0.00000300. The molecule has 0 radical (unpaired) electrons. The van der Waals surface area contributed by atoms with Crippen molar-refractivity contribution in [2.24, 2.45) is 5.92 Å². The fraction of sp³-hybridized carbons (Fsp3) is 0.375. The van der Waals surface area contributed by atoms with E-state index in [-0.39, 0.29) is 18.3 Å². The van der Waals surface area contributed by atoms with Gasteiger partial charge in [-0.05, 0) is 50.4 Å². The molecule has 1 aliphatic rings. The van der Waals surface area contributed by atoms with Gasteiger partial charge in [-0.25, -0.2) is 0 Å². The van der Waals surface area contributed by atoms with Crippen LogP contribution < -0.4 is 4.74 Å². The first kappa shape index (κ1) is 23.0. The Kier molecular flexibility index (Phi) is 9.75. The average molecular weight is 416 g/mol. The van der Waals surface area contributed by atoms with E-state index in [1.165, 1.54) is 5.56 Å². The molecule has 2 aromatic carbocycles. The molecule has 1 aliphatic heterocycles. The third kappa shape index (κ3) is 7.56. The first-order chi connectivity index (χ1) is 13.7. The van der Waals surface area contributed by atoms with E-state index < -0.39 is 5.97 Å². The third-order valence-corrected chi connectivity index (χ3v) is 5.15. The highest BCUT2D eigenvalue weighted by molar-refractivity contribution is 5.85. The minimum absolute atomic E-state index is 0. The Bertz CT molecular complexity index is 779. The molecule has 0 bridgehead atoms. The van der Waals surface area contributed by atoms with Gasteiger partial charge in [0.05, 0.1) is 12.5 Å². The van der Waals surface area contributed by atoms with E-state index in [1.54, 1.807) is 0 Å². The number of halogens is 1. The normalized spacial score (nSPS) is 17.0. The van der Waals surface area contributed by atoms with E-state index in [0.29, 0.717) is 13.2 Å². The van der Waals surface area contributed by atoms with Crippen LogP contribution in [-0.2, 0) is 4.79 Å². The minimum Gasteiger partial charge on any atom is -0.493 e. The Morgan fingerprint density at radius 3 is 2.62 bits per heavy atom. The highest BCUT2D eigenvalue weighted by Gasteiger charge is 2.24. The van der Waals surface area contributed by atoms with Crippen LogP contribution in [0.25, 0.3) is 12.2 Å². The van der Waals surface area contributed by atoms with Gasteiger partial charge in [0, 0.05) is 12.1 Å². The van der Waals surface area contributed by atoms with Crippen molar-refractivity contribution < 1.29 is 14.6 Å². The molecule has 5 heteroatoms. The van der Waals surface area contributed by atoms with Gasteiger partial charge in [0.25, 0.3) is 0 Å². The van der Waals surface area contributed by atoms with Crippen molar-refractivity contribution in [3.8, 4) is 5.75 Å². The number of aliphatic carboxylic acids is 1. The van der Waals surface area contributed by atoms with E-state index in [9.17, 15) is 9.90 Å². The molecular formula is C24H30ClNO3. The fourth-order valence-electron chi connectivity index (χ4n) is 3.58. The number of piperidine rings is 1. The number of hydrogen-bond acceptors (Lipinski definition) is 3. The summed E-state index contributed by atoms with van der Waals surface area (Å²) in [6.07, 6.45) is 7.96. The number of carbonyl (C=O) groups is 1. The van der Waals surface area contributed by atoms with Gasteiger partial charge in [0.1, 0.15) is 5.75 Å². The Morgan fingerprint density at radius 2 is 1.83 bits per heavy atom. The summed E-state index contributed by atoms with van der Waals surface area (Å²) in [5, 5.41) is 9.18. The summed E-state index contributed by atoms with van der Waals surface area (Å²) in [5.41, 5.74) is 2.24. The molecule has 0 saturated carbocycles. The topological polar surface area (TPSA) is 49.8 Å². The van der Waals surface area contributed by atoms with Crippen molar-refractivity contribution in [3.05, 3.63) is 65.7 Å². The molecular weight excluding hydrogens is 386 g/mol. The SMILES string of the molecule is Cl.O=C(O)C1CCCN(CCCCOc2ccccc2/C=C/c2ccccc2)C1. The molecule has 1 atom stereocenters. The zero-order chi connectivity index (χ0) is 19.6. The van der Waals surface area contributed by atoms with Crippen molar-refractivity contribution >= 4 is 30.5 Å². The summed E-state index contributed by atoms with van der Waals surface area (Å²) in [6, 6.07) is 18.3. The predicted molar refractivity (Wildman–Crippen MR) is 121 cm³/mol. The maximum Gasteiger partial charge on any atom is 0.307 e. The Hall–Kier alpha value is -2.30. The lowest BCUT2D eigenvalue weighted by Crippen LogP contribution is -2.39. The molecule has 156 valence electrons. The lowest BCUT2D eigenvalue weighted by atomic mass is 9.98. The van der Waals surface area contributed by atoms with E-state index >= 15 is 0 Å². The van der Waals surface area contributed by atoms with Crippen molar-refractivity contribution in [1.82, 2.24) is 4.90 Å². The molecule has 1 saturated heterocycles. The first-order valence-corrected chi connectivity index (χ1v) is 10.1. The zero-order valence-electron chi connectivity index (χ0n) is 16.7. The molecule has 1 heterocycles. The van der Waals surface area contributed by atoms with Gasteiger partial charge < -0.3 is 14.7 Å². The van der Waals surface area contributed by atoms with Crippen LogP contribution >= 0.6 is 12.4 Å². The first-order valence-electron chi connectivity index (χ1n) is 10.1. The monoisotopic (exact) mass is 415 g/mol. The number of carboxylic acids is 1. The molecule has 1 fully saturated rings. The highest BCUT2D eigenvalue weighted by Crippen LogP contribution is 2.21. The van der Waals surface area contributed by atoms with E-state index in [2.05, 4.69) is 35.3 Å². The number of carboxylic acid groups (broad SMARTS) is 1. The molecule has 0 aromatic heterocycles. The number of benzene rings is 2. The molecule has 2 aromatic rings.